The molecular weight excluding hydrogens is 383 g/mol. The Hall–Kier alpha value is -2.25. The number of piperidine rings is 1. The van der Waals surface area contributed by atoms with Crippen LogP contribution in [0.15, 0.2) is 48.5 Å². The highest BCUT2D eigenvalue weighted by molar-refractivity contribution is 5.29. The molecule has 0 atom stereocenters. The summed E-state index contributed by atoms with van der Waals surface area (Å²) in [6.45, 7) is 2.46. The Morgan fingerprint density at radius 3 is 2.00 bits per heavy atom. The van der Waals surface area contributed by atoms with Gasteiger partial charge in [0.05, 0.1) is 7.11 Å². The molecule has 158 valence electrons. The van der Waals surface area contributed by atoms with Crippen LogP contribution in [-0.2, 0) is 13.0 Å². The molecule has 0 unspecified atom stereocenters. The fourth-order valence-electron chi connectivity index (χ4n) is 3.81. The molecule has 2 aromatic rings. The number of hydrogen-bond acceptors (Lipinski definition) is 4. The van der Waals surface area contributed by atoms with Gasteiger partial charge in [-0.25, -0.2) is 0 Å². The third-order valence-electron chi connectivity index (χ3n) is 5.55. The third-order valence-corrected chi connectivity index (χ3v) is 5.55. The summed E-state index contributed by atoms with van der Waals surface area (Å²) in [7, 11) is 1.64. The van der Waals surface area contributed by atoms with E-state index in [1.165, 1.54) is 17.7 Å². The monoisotopic (exact) mass is 409 g/mol. The normalized spacial score (nSPS) is 17.1. The molecule has 0 bridgehead atoms. The molecule has 2 aromatic carbocycles. The van der Waals surface area contributed by atoms with Crippen LogP contribution in [0.1, 0.15) is 24.0 Å². The lowest BCUT2D eigenvalue weighted by atomic mass is 9.74. The van der Waals surface area contributed by atoms with E-state index in [1.807, 2.05) is 24.3 Å². The van der Waals surface area contributed by atoms with Gasteiger partial charge < -0.3 is 14.6 Å². The number of alkyl halides is 3. The van der Waals surface area contributed by atoms with Gasteiger partial charge in [-0.1, -0.05) is 24.3 Å². The summed E-state index contributed by atoms with van der Waals surface area (Å²) >= 11 is 0. The average Bonchev–Trinajstić information content (AvgIpc) is 2.70. The van der Waals surface area contributed by atoms with Gasteiger partial charge in [0, 0.05) is 13.2 Å². The van der Waals surface area contributed by atoms with Crippen molar-refractivity contribution in [2.45, 2.75) is 32.2 Å². The Balaban J connectivity index is 1.54. The van der Waals surface area contributed by atoms with Crippen molar-refractivity contribution in [1.29, 1.82) is 0 Å². The van der Waals surface area contributed by atoms with Crippen LogP contribution in [-0.4, -0.2) is 43.2 Å². The van der Waals surface area contributed by atoms with Crippen LogP contribution in [0.25, 0.3) is 0 Å². The lowest BCUT2D eigenvalue weighted by Crippen LogP contribution is -2.42. The zero-order valence-electron chi connectivity index (χ0n) is 16.4. The zero-order chi connectivity index (χ0) is 20.9. The molecule has 4 nitrogen and oxygen atoms in total. The molecule has 1 saturated heterocycles. The van der Waals surface area contributed by atoms with Gasteiger partial charge in [-0.05, 0) is 73.2 Å². The lowest BCUT2D eigenvalue weighted by molar-refractivity contribution is -0.274. The van der Waals surface area contributed by atoms with Crippen LogP contribution in [0, 0.1) is 5.41 Å². The van der Waals surface area contributed by atoms with E-state index in [0.717, 1.165) is 43.7 Å². The maximum atomic E-state index is 12.3. The summed E-state index contributed by atoms with van der Waals surface area (Å²) in [6.07, 6.45) is -2.13. The number of halogens is 3. The van der Waals surface area contributed by atoms with E-state index in [9.17, 15) is 18.3 Å². The quantitative estimate of drug-likeness (QED) is 0.736. The highest BCUT2D eigenvalue weighted by atomic mass is 19.4. The van der Waals surface area contributed by atoms with Gasteiger partial charge in [0.15, 0.2) is 0 Å². The molecule has 1 aliphatic rings. The second-order valence-electron chi connectivity index (χ2n) is 7.65. The number of benzene rings is 2. The number of likely N-dealkylation sites (tertiary alicyclic amines) is 1. The van der Waals surface area contributed by atoms with Gasteiger partial charge in [0.25, 0.3) is 0 Å². The molecule has 1 aliphatic heterocycles. The summed E-state index contributed by atoms with van der Waals surface area (Å²) in [6, 6.07) is 13.9. The van der Waals surface area contributed by atoms with E-state index in [4.69, 9.17) is 4.74 Å². The topological polar surface area (TPSA) is 41.9 Å². The molecule has 0 saturated carbocycles. The summed E-state index contributed by atoms with van der Waals surface area (Å²) in [4.78, 5) is 2.27. The summed E-state index contributed by atoms with van der Waals surface area (Å²) < 4.78 is 45.9. The highest BCUT2D eigenvalue weighted by Crippen LogP contribution is 2.35. The molecule has 7 heteroatoms. The van der Waals surface area contributed by atoms with Crippen LogP contribution < -0.4 is 9.47 Å². The lowest BCUT2D eigenvalue weighted by Gasteiger charge is -2.41. The number of ether oxygens (including phenoxy) is 2. The first-order valence-corrected chi connectivity index (χ1v) is 9.62. The van der Waals surface area contributed by atoms with Crippen molar-refractivity contribution in [3.05, 3.63) is 59.7 Å². The molecule has 0 radical (unpaired) electrons. The minimum atomic E-state index is -4.67. The summed E-state index contributed by atoms with van der Waals surface area (Å²) in [5.41, 5.74) is 1.97. The molecule has 1 heterocycles. The van der Waals surface area contributed by atoms with Crippen LogP contribution in [0.5, 0.6) is 11.5 Å². The number of methoxy groups -OCH3 is 1. The number of aliphatic hydroxyl groups excluding tert-OH is 1. The van der Waals surface area contributed by atoms with E-state index < -0.39 is 6.36 Å². The van der Waals surface area contributed by atoms with E-state index in [0.29, 0.717) is 6.54 Å². The van der Waals surface area contributed by atoms with E-state index in [2.05, 4.69) is 9.64 Å². The van der Waals surface area contributed by atoms with Crippen molar-refractivity contribution >= 4 is 0 Å². The number of hydrogen-bond donors (Lipinski definition) is 1. The van der Waals surface area contributed by atoms with E-state index in [1.54, 1.807) is 19.2 Å². The number of nitrogens with zero attached hydrogens (tertiary/aromatic N) is 1. The first-order valence-electron chi connectivity index (χ1n) is 9.62. The molecule has 0 spiro atoms. The van der Waals surface area contributed by atoms with Crippen LogP contribution in [0.3, 0.4) is 0 Å². The minimum Gasteiger partial charge on any atom is -0.497 e. The van der Waals surface area contributed by atoms with Crippen molar-refractivity contribution in [1.82, 2.24) is 4.90 Å². The van der Waals surface area contributed by atoms with Gasteiger partial charge in [-0.2, -0.15) is 0 Å². The maximum Gasteiger partial charge on any atom is 0.573 e. The second kappa shape index (κ2) is 9.05. The van der Waals surface area contributed by atoms with Crippen molar-refractivity contribution < 1.29 is 27.8 Å². The SMILES string of the molecule is COc1ccc(CC2(CO)CCN(Cc3ccc(OC(F)(F)F)cc3)CC2)cc1. The van der Waals surface area contributed by atoms with Crippen molar-refractivity contribution in [2.24, 2.45) is 5.41 Å². The first kappa shape index (κ1) is 21.5. The zero-order valence-corrected chi connectivity index (χ0v) is 16.4. The Morgan fingerprint density at radius 2 is 1.48 bits per heavy atom. The number of rotatable bonds is 7. The van der Waals surface area contributed by atoms with Gasteiger partial charge in [-0.15, -0.1) is 13.2 Å². The van der Waals surface area contributed by atoms with Crippen molar-refractivity contribution in [3.8, 4) is 11.5 Å². The van der Waals surface area contributed by atoms with Crippen LogP contribution >= 0.6 is 0 Å². The molecule has 3 rings (SSSR count). The second-order valence-corrected chi connectivity index (χ2v) is 7.65. The van der Waals surface area contributed by atoms with Gasteiger partial charge in [0.1, 0.15) is 11.5 Å². The van der Waals surface area contributed by atoms with Crippen LogP contribution in [0.2, 0.25) is 0 Å². The van der Waals surface area contributed by atoms with Crippen molar-refractivity contribution in [2.75, 3.05) is 26.8 Å². The van der Waals surface area contributed by atoms with E-state index >= 15 is 0 Å². The maximum absolute atomic E-state index is 12.3. The average molecular weight is 409 g/mol. The van der Waals surface area contributed by atoms with Crippen molar-refractivity contribution in [3.63, 3.8) is 0 Å². The summed E-state index contributed by atoms with van der Waals surface area (Å²) in [5.74, 6) is 0.604. The fraction of sp³-hybridized carbons (Fsp3) is 0.455. The highest BCUT2D eigenvalue weighted by Gasteiger charge is 2.34. The molecular formula is C22H26F3NO3. The predicted octanol–water partition coefficient (Wildman–Crippen LogP) is 4.41. The Bertz CT molecular complexity index is 767. The van der Waals surface area contributed by atoms with Gasteiger partial charge >= 0.3 is 6.36 Å². The molecule has 1 fully saturated rings. The molecule has 1 N–H and O–H groups in total. The van der Waals surface area contributed by atoms with Gasteiger partial charge in [0.2, 0.25) is 0 Å². The largest absolute Gasteiger partial charge is 0.573 e. The Morgan fingerprint density at radius 1 is 0.931 bits per heavy atom. The van der Waals surface area contributed by atoms with Gasteiger partial charge in [-0.3, -0.25) is 4.90 Å². The number of aliphatic hydroxyl groups is 1. The molecule has 0 aliphatic carbocycles. The molecule has 0 amide bonds. The Labute approximate surface area is 168 Å². The standard InChI is InChI=1S/C22H26F3NO3/c1-28-19-6-2-17(3-7-19)14-21(16-27)10-12-26(13-11-21)15-18-4-8-20(9-5-18)29-22(23,24)25/h2-9,27H,10-16H2,1H3. The predicted molar refractivity (Wildman–Crippen MR) is 104 cm³/mol. The fourth-order valence-corrected chi connectivity index (χ4v) is 3.81. The van der Waals surface area contributed by atoms with Crippen LogP contribution in [0.4, 0.5) is 13.2 Å². The molecule has 0 aromatic heterocycles. The Kier molecular flexibility index (Phi) is 6.70. The first-order chi connectivity index (χ1) is 13.8. The third kappa shape index (κ3) is 6.11. The summed E-state index contributed by atoms with van der Waals surface area (Å²) in [5, 5.41) is 10.1. The smallest absolute Gasteiger partial charge is 0.497 e. The molecule has 29 heavy (non-hydrogen) atoms. The minimum absolute atomic E-state index is 0.135. The van der Waals surface area contributed by atoms with E-state index in [-0.39, 0.29) is 17.8 Å².